The zero-order valence-electron chi connectivity index (χ0n) is 15.4. The molecule has 0 unspecified atom stereocenters. The third kappa shape index (κ3) is 4.94. The highest BCUT2D eigenvalue weighted by Crippen LogP contribution is 2.18. The van der Waals surface area contributed by atoms with Crippen LogP contribution in [-0.4, -0.2) is 35.6 Å². The monoisotopic (exact) mass is 354 g/mol. The number of anilines is 1. The summed E-state index contributed by atoms with van der Waals surface area (Å²) in [5.41, 5.74) is 2.41. The van der Waals surface area contributed by atoms with Gasteiger partial charge in [-0.1, -0.05) is 25.0 Å². The van der Waals surface area contributed by atoms with Crippen molar-refractivity contribution in [2.75, 3.05) is 19.0 Å². The van der Waals surface area contributed by atoms with Crippen molar-refractivity contribution >= 4 is 11.9 Å². The number of ether oxygens (including phenoxy) is 1. The number of nitrogens with one attached hydrogen (secondary N) is 2. The van der Waals surface area contributed by atoms with Crippen molar-refractivity contribution in [1.82, 2.24) is 15.3 Å². The lowest BCUT2D eigenvalue weighted by molar-refractivity contribution is 0.0932. The van der Waals surface area contributed by atoms with Gasteiger partial charge < -0.3 is 15.4 Å². The fraction of sp³-hybridized carbons (Fsp3) is 0.450. The van der Waals surface area contributed by atoms with E-state index in [1.54, 1.807) is 13.2 Å². The van der Waals surface area contributed by atoms with Crippen LogP contribution in [0.15, 0.2) is 30.3 Å². The van der Waals surface area contributed by atoms with Gasteiger partial charge in [-0.15, -0.1) is 0 Å². The quantitative estimate of drug-likeness (QED) is 0.799. The van der Waals surface area contributed by atoms with E-state index in [0.717, 1.165) is 30.7 Å². The van der Waals surface area contributed by atoms with Crippen molar-refractivity contribution in [3.05, 3.63) is 47.3 Å². The van der Waals surface area contributed by atoms with Gasteiger partial charge in [-0.05, 0) is 49.9 Å². The van der Waals surface area contributed by atoms with Gasteiger partial charge in [0.25, 0.3) is 5.91 Å². The SMILES string of the molecule is COc1ccc(CCNc2nc(C)cc(C(=O)NC3CCCC3)n2)cc1. The summed E-state index contributed by atoms with van der Waals surface area (Å²) >= 11 is 0. The molecular weight excluding hydrogens is 328 g/mol. The lowest BCUT2D eigenvalue weighted by Gasteiger charge is -2.12. The second-order valence-electron chi connectivity index (χ2n) is 6.70. The molecule has 26 heavy (non-hydrogen) atoms. The smallest absolute Gasteiger partial charge is 0.270 e. The third-order valence-electron chi connectivity index (χ3n) is 4.63. The van der Waals surface area contributed by atoms with Crippen LogP contribution in [-0.2, 0) is 6.42 Å². The molecule has 6 nitrogen and oxygen atoms in total. The van der Waals surface area contributed by atoms with Crippen LogP contribution < -0.4 is 15.4 Å². The molecule has 0 radical (unpaired) electrons. The molecule has 1 fully saturated rings. The zero-order chi connectivity index (χ0) is 18.4. The molecule has 1 amide bonds. The first-order valence-electron chi connectivity index (χ1n) is 9.17. The summed E-state index contributed by atoms with van der Waals surface area (Å²) in [4.78, 5) is 21.2. The molecule has 3 rings (SSSR count). The van der Waals surface area contributed by atoms with E-state index in [1.807, 2.05) is 31.2 Å². The normalized spacial score (nSPS) is 14.2. The molecule has 0 spiro atoms. The maximum atomic E-state index is 12.4. The number of hydrogen-bond acceptors (Lipinski definition) is 5. The van der Waals surface area contributed by atoms with Gasteiger partial charge in [0.1, 0.15) is 11.4 Å². The van der Waals surface area contributed by atoms with E-state index in [0.29, 0.717) is 18.2 Å². The predicted octanol–water partition coefficient (Wildman–Crippen LogP) is 3.12. The van der Waals surface area contributed by atoms with E-state index in [9.17, 15) is 4.79 Å². The molecule has 2 N–H and O–H groups in total. The van der Waals surface area contributed by atoms with Crippen molar-refractivity contribution in [1.29, 1.82) is 0 Å². The number of aryl methyl sites for hydroxylation is 1. The van der Waals surface area contributed by atoms with Crippen LogP contribution in [0.2, 0.25) is 0 Å². The van der Waals surface area contributed by atoms with Crippen LogP contribution in [0.4, 0.5) is 5.95 Å². The van der Waals surface area contributed by atoms with E-state index >= 15 is 0 Å². The fourth-order valence-corrected chi connectivity index (χ4v) is 3.20. The van der Waals surface area contributed by atoms with Crippen molar-refractivity contribution in [2.45, 2.75) is 45.1 Å². The molecule has 2 aromatic rings. The van der Waals surface area contributed by atoms with Crippen LogP contribution in [0, 0.1) is 6.92 Å². The van der Waals surface area contributed by atoms with Gasteiger partial charge in [0, 0.05) is 18.3 Å². The Balaban J connectivity index is 1.57. The van der Waals surface area contributed by atoms with Gasteiger partial charge >= 0.3 is 0 Å². The number of hydrogen-bond donors (Lipinski definition) is 2. The Hall–Kier alpha value is -2.63. The largest absolute Gasteiger partial charge is 0.497 e. The van der Waals surface area contributed by atoms with Crippen LogP contribution in [0.25, 0.3) is 0 Å². The minimum Gasteiger partial charge on any atom is -0.497 e. The Bertz CT molecular complexity index is 740. The molecule has 1 aliphatic carbocycles. The highest BCUT2D eigenvalue weighted by Gasteiger charge is 2.19. The maximum absolute atomic E-state index is 12.4. The summed E-state index contributed by atoms with van der Waals surface area (Å²) in [6, 6.07) is 9.99. The minimum atomic E-state index is -0.111. The van der Waals surface area contributed by atoms with Gasteiger partial charge in [-0.25, -0.2) is 9.97 Å². The van der Waals surface area contributed by atoms with Gasteiger partial charge in [-0.3, -0.25) is 4.79 Å². The maximum Gasteiger partial charge on any atom is 0.270 e. The standard InChI is InChI=1S/C20H26N4O2/c1-14-13-18(19(25)23-16-5-3-4-6-16)24-20(22-14)21-12-11-15-7-9-17(26-2)10-8-15/h7-10,13,16H,3-6,11-12H2,1-2H3,(H,23,25)(H,21,22,24). The summed E-state index contributed by atoms with van der Waals surface area (Å²) in [6.45, 7) is 2.57. The fourth-order valence-electron chi connectivity index (χ4n) is 3.20. The summed E-state index contributed by atoms with van der Waals surface area (Å²) in [5, 5.41) is 6.29. The first kappa shape index (κ1) is 18.2. The lowest BCUT2D eigenvalue weighted by atomic mass is 10.1. The predicted molar refractivity (Wildman–Crippen MR) is 102 cm³/mol. The summed E-state index contributed by atoms with van der Waals surface area (Å²) < 4.78 is 5.17. The van der Waals surface area contributed by atoms with E-state index in [-0.39, 0.29) is 11.9 Å². The van der Waals surface area contributed by atoms with Gasteiger partial charge in [-0.2, -0.15) is 0 Å². The molecule has 0 aliphatic heterocycles. The Labute approximate surface area is 154 Å². The molecule has 6 heteroatoms. The summed E-state index contributed by atoms with van der Waals surface area (Å²) in [6.07, 6.45) is 5.33. The van der Waals surface area contributed by atoms with Crippen LogP contribution in [0.3, 0.4) is 0 Å². The van der Waals surface area contributed by atoms with Crippen molar-refractivity contribution in [3.63, 3.8) is 0 Å². The highest BCUT2D eigenvalue weighted by molar-refractivity contribution is 5.92. The van der Waals surface area contributed by atoms with E-state index in [1.165, 1.54) is 18.4 Å². The number of amides is 1. The van der Waals surface area contributed by atoms with E-state index in [2.05, 4.69) is 20.6 Å². The first-order chi connectivity index (χ1) is 12.6. The summed E-state index contributed by atoms with van der Waals surface area (Å²) in [7, 11) is 1.66. The van der Waals surface area contributed by atoms with Gasteiger partial charge in [0.2, 0.25) is 5.95 Å². The van der Waals surface area contributed by atoms with E-state index < -0.39 is 0 Å². The molecular formula is C20H26N4O2. The highest BCUT2D eigenvalue weighted by atomic mass is 16.5. The number of nitrogens with zero attached hydrogens (tertiary/aromatic N) is 2. The molecule has 0 saturated heterocycles. The number of carbonyl (C=O) groups is 1. The summed E-state index contributed by atoms with van der Waals surface area (Å²) in [5.74, 6) is 1.23. The number of benzene rings is 1. The third-order valence-corrected chi connectivity index (χ3v) is 4.63. The Morgan fingerprint density at radius 2 is 1.92 bits per heavy atom. The number of aromatic nitrogens is 2. The van der Waals surface area contributed by atoms with Crippen LogP contribution in [0.5, 0.6) is 5.75 Å². The average molecular weight is 354 g/mol. The zero-order valence-corrected chi connectivity index (χ0v) is 15.4. The Kier molecular flexibility index (Phi) is 6.04. The van der Waals surface area contributed by atoms with Crippen LogP contribution in [0.1, 0.15) is 47.4 Å². The van der Waals surface area contributed by atoms with Crippen LogP contribution >= 0.6 is 0 Å². The number of carbonyl (C=O) groups excluding carboxylic acids is 1. The topological polar surface area (TPSA) is 76.1 Å². The molecule has 0 atom stereocenters. The second-order valence-corrected chi connectivity index (χ2v) is 6.70. The Morgan fingerprint density at radius 1 is 1.19 bits per heavy atom. The van der Waals surface area contributed by atoms with Gasteiger partial charge in [0.05, 0.1) is 7.11 Å². The second kappa shape index (κ2) is 8.65. The van der Waals surface area contributed by atoms with Crippen molar-refractivity contribution in [3.8, 4) is 5.75 Å². The molecule has 138 valence electrons. The first-order valence-corrected chi connectivity index (χ1v) is 9.17. The molecule has 1 aliphatic rings. The lowest BCUT2D eigenvalue weighted by Crippen LogP contribution is -2.33. The minimum absolute atomic E-state index is 0.111. The average Bonchev–Trinajstić information content (AvgIpc) is 3.15. The molecule has 1 aromatic carbocycles. The van der Waals surface area contributed by atoms with Gasteiger partial charge in [0.15, 0.2) is 0 Å². The Morgan fingerprint density at radius 3 is 2.62 bits per heavy atom. The van der Waals surface area contributed by atoms with E-state index in [4.69, 9.17) is 4.74 Å². The molecule has 0 bridgehead atoms. The number of methoxy groups -OCH3 is 1. The van der Waals surface area contributed by atoms with Crippen molar-refractivity contribution in [2.24, 2.45) is 0 Å². The number of rotatable bonds is 7. The molecule has 1 heterocycles. The van der Waals surface area contributed by atoms with Crippen molar-refractivity contribution < 1.29 is 9.53 Å². The molecule has 1 aromatic heterocycles. The molecule has 1 saturated carbocycles.